The number of rotatable bonds is 8. The van der Waals surface area contributed by atoms with Crippen LogP contribution in [0, 0.1) is 13.8 Å². The summed E-state index contributed by atoms with van der Waals surface area (Å²) >= 11 is 0. The van der Waals surface area contributed by atoms with Crippen LogP contribution in [-0.4, -0.2) is 41.7 Å². The summed E-state index contributed by atoms with van der Waals surface area (Å²) in [4.78, 5) is 25.1. The van der Waals surface area contributed by atoms with Crippen LogP contribution in [0.5, 0.6) is 5.75 Å². The third-order valence-corrected chi connectivity index (χ3v) is 5.29. The van der Waals surface area contributed by atoms with Crippen molar-refractivity contribution in [1.29, 1.82) is 0 Å². The van der Waals surface area contributed by atoms with Crippen LogP contribution in [-0.2, 0) is 9.47 Å². The molecular weight excluding hydrogens is 394 g/mol. The summed E-state index contributed by atoms with van der Waals surface area (Å²) in [6, 6.07) is 15.7. The van der Waals surface area contributed by atoms with Gasteiger partial charge in [-0.1, -0.05) is 24.3 Å². The zero-order chi connectivity index (χ0) is 22.5. The molecule has 0 aliphatic heterocycles. The van der Waals surface area contributed by atoms with Gasteiger partial charge in [0.15, 0.2) is 6.61 Å². The van der Waals surface area contributed by atoms with Crippen molar-refractivity contribution >= 4 is 11.8 Å². The predicted molar refractivity (Wildman–Crippen MR) is 119 cm³/mol. The summed E-state index contributed by atoms with van der Waals surface area (Å²) in [5, 5.41) is 9.40. The van der Waals surface area contributed by atoms with Gasteiger partial charge in [-0.05, 0) is 62.2 Å². The number of Topliss-reactive ketones (excluding diaryl/α,β-unsaturated/α-hetero) is 1. The van der Waals surface area contributed by atoms with Gasteiger partial charge in [0.1, 0.15) is 5.75 Å². The van der Waals surface area contributed by atoms with Gasteiger partial charge < -0.3 is 19.1 Å². The molecule has 0 spiro atoms. The maximum Gasteiger partial charge on any atom is 0.338 e. The van der Waals surface area contributed by atoms with Gasteiger partial charge in [-0.3, -0.25) is 4.79 Å². The number of nitrogens with zero attached hydrogens (tertiary/aromatic N) is 1. The largest absolute Gasteiger partial charge is 0.508 e. The molecule has 3 rings (SSSR count). The van der Waals surface area contributed by atoms with E-state index in [1.807, 2.05) is 26.8 Å². The van der Waals surface area contributed by atoms with Crippen LogP contribution in [0.1, 0.15) is 45.1 Å². The van der Waals surface area contributed by atoms with E-state index in [2.05, 4.69) is 4.57 Å². The number of phenols is 1. The molecule has 6 heteroatoms. The van der Waals surface area contributed by atoms with Crippen LogP contribution in [0.3, 0.4) is 0 Å². The van der Waals surface area contributed by atoms with Crippen molar-refractivity contribution in [3.63, 3.8) is 0 Å². The molecule has 1 aromatic heterocycles. The third kappa shape index (κ3) is 5.03. The number of aryl methyl sites for hydroxylation is 1. The van der Waals surface area contributed by atoms with E-state index >= 15 is 0 Å². The van der Waals surface area contributed by atoms with Crippen LogP contribution in [0.25, 0.3) is 11.1 Å². The quantitative estimate of drug-likeness (QED) is 0.420. The van der Waals surface area contributed by atoms with E-state index in [0.717, 1.165) is 22.5 Å². The number of ether oxygens (including phenoxy) is 2. The molecule has 0 aliphatic carbocycles. The number of phenolic OH excluding ortho intramolecular Hbond substituents is 1. The second kappa shape index (κ2) is 9.62. The molecule has 1 heterocycles. The fraction of sp³-hybridized carbons (Fsp3) is 0.280. The van der Waals surface area contributed by atoms with Crippen molar-refractivity contribution in [1.82, 2.24) is 4.57 Å². The molecule has 0 saturated carbocycles. The van der Waals surface area contributed by atoms with Gasteiger partial charge in [0, 0.05) is 24.1 Å². The van der Waals surface area contributed by atoms with Crippen LogP contribution in [0.15, 0.2) is 54.6 Å². The minimum absolute atomic E-state index is 0.0983. The first-order chi connectivity index (χ1) is 14.8. The third-order valence-electron chi connectivity index (χ3n) is 5.29. The Labute approximate surface area is 182 Å². The number of carbonyl (C=O) groups is 2. The summed E-state index contributed by atoms with van der Waals surface area (Å²) in [7, 11) is 1.65. The smallest absolute Gasteiger partial charge is 0.338 e. The summed E-state index contributed by atoms with van der Waals surface area (Å²) in [5.41, 5.74) is 4.55. The second-order valence-electron chi connectivity index (χ2n) is 7.58. The van der Waals surface area contributed by atoms with E-state index in [1.54, 1.807) is 55.6 Å². The van der Waals surface area contributed by atoms with E-state index in [0.29, 0.717) is 17.7 Å². The highest BCUT2D eigenvalue weighted by Crippen LogP contribution is 2.23. The SMILES string of the molecule is COC[C@@H](C)n1c(C)cc(C(=O)COC(=O)c2ccc(-c3ccc(O)cc3)cc2)c1C. The normalized spacial score (nSPS) is 11.9. The van der Waals surface area contributed by atoms with Crippen molar-refractivity contribution in [2.45, 2.75) is 26.8 Å². The Bertz CT molecular complexity index is 1060. The minimum Gasteiger partial charge on any atom is -0.508 e. The summed E-state index contributed by atoms with van der Waals surface area (Å²) in [6.45, 7) is 6.08. The van der Waals surface area contributed by atoms with E-state index in [4.69, 9.17) is 9.47 Å². The van der Waals surface area contributed by atoms with Gasteiger partial charge >= 0.3 is 5.97 Å². The molecule has 0 saturated heterocycles. The van der Waals surface area contributed by atoms with E-state index < -0.39 is 5.97 Å². The molecule has 0 bridgehead atoms. The fourth-order valence-corrected chi connectivity index (χ4v) is 3.80. The Morgan fingerprint density at radius 2 is 1.58 bits per heavy atom. The first-order valence-electron chi connectivity index (χ1n) is 10.1. The number of hydrogen-bond donors (Lipinski definition) is 1. The highest BCUT2D eigenvalue weighted by Gasteiger charge is 2.20. The lowest BCUT2D eigenvalue weighted by Gasteiger charge is -2.17. The minimum atomic E-state index is -0.549. The average Bonchev–Trinajstić information content (AvgIpc) is 3.06. The highest BCUT2D eigenvalue weighted by atomic mass is 16.5. The first-order valence-corrected chi connectivity index (χ1v) is 10.1. The molecule has 1 N–H and O–H groups in total. The predicted octanol–water partition coefficient (Wildman–Crippen LogP) is 4.72. The number of aromatic hydroxyl groups is 1. The zero-order valence-electron chi connectivity index (χ0n) is 18.2. The Morgan fingerprint density at radius 3 is 2.16 bits per heavy atom. The number of carbonyl (C=O) groups excluding carboxylic acids is 2. The maximum atomic E-state index is 12.7. The zero-order valence-corrected chi connectivity index (χ0v) is 18.2. The van der Waals surface area contributed by atoms with Gasteiger partial charge in [-0.2, -0.15) is 0 Å². The van der Waals surface area contributed by atoms with Gasteiger partial charge in [-0.15, -0.1) is 0 Å². The molecule has 6 nitrogen and oxygen atoms in total. The van der Waals surface area contributed by atoms with E-state index in [-0.39, 0.29) is 24.2 Å². The lowest BCUT2D eigenvalue weighted by molar-refractivity contribution is 0.0474. The monoisotopic (exact) mass is 421 g/mol. The lowest BCUT2D eigenvalue weighted by atomic mass is 10.0. The van der Waals surface area contributed by atoms with Crippen LogP contribution in [0.2, 0.25) is 0 Å². The van der Waals surface area contributed by atoms with Crippen molar-refractivity contribution in [3.05, 3.63) is 77.1 Å². The van der Waals surface area contributed by atoms with Crippen molar-refractivity contribution in [2.75, 3.05) is 20.3 Å². The first kappa shape index (κ1) is 22.3. The molecule has 162 valence electrons. The number of methoxy groups -OCH3 is 1. The molecule has 2 aromatic carbocycles. The topological polar surface area (TPSA) is 77.8 Å². The molecule has 31 heavy (non-hydrogen) atoms. The van der Waals surface area contributed by atoms with Crippen LogP contribution in [0.4, 0.5) is 0 Å². The lowest BCUT2D eigenvalue weighted by Crippen LogP contribution is -2.17. The Morgan fingerprint density at radius 1 is 1.00 bits per heavy atom. The molecule has 0 amide bonds. The van der Waals surface area contributed by atoms with E-state index in [9.17, 15) is 14.7 Å². The molecule has 0 fully saturated rings. The average molecular weight is 421 g/mol. The Balaban J connectivity index is 1.65. The van der Waals surface area contributed by atoms with Crippen LogP contribution < -0.4 is 0 Å². The number of benzene rings is 2. The molecule has 0 unspecified atom stereocenters. The fourth-order valence-electron chi connectivity index (χ4n) is 3.80. The molecule has 0 aliphatic rings. The Hall–Kier alpha value is -3.38. The van der Waals surface area contributed by atoms with Gasteiger partial charge in [0.05, 0.1) is 18.2 Å². The van der Waals surface area contributed by atoms with Gasteiger partial charge in [-0.25, -0.2) is 4.79 Å². The number of esters is 1. The molecule has 0 radical (unpaired) electrons. The highest BCUT2D eigenvalue weighted by molar-refractivity contribution is 6.00. The number of hydrogen-bond acceptors (Lipinski definition) is 5. The van der Waals surface area contributed by atoms with Crippen molar-refractivity contribution in [3.8, 4) is 16.9 Å². The Kier molecular flexibility index (Phi) is 6.92. The van der Waals surface area contributed by atoms with Gasteiger partial charge in [0.2, 0.25) is 5.78 Å². The number of ketones is 1. The summed E-state index contributed by atoms with van der Waals surface area (Å²) < 4.78 is 12.5. The number of aromatic nitrogens is 1. The molecule has 3 aromatic rings. The summed E-state index contributed by atoms with van der Waals surface area (Å²) in [5.74, 6) is -0.590. The molecule has 1 atom stereocenters. The standard InChI is InChI=1S/C25H27NO5/c1-16-13-23(18(3)26(16)17(2)14-30-4)24(28)15-31-25(29)21-7-5-19(6-8-21)20-9-11-22(27)12-10-20/h5-13,17,27H,14-15H2,1-4H3/t17-/m1/s1. The maximum absolute atomic E-state index is 12.7. The van der Waals surface area contributed by atoms with Crippen molar-refractivity contribution in [2.24, 2.45) is 0 Å². The van der Waals surface area contributed by atoms with Crippen molar-refractivity contribution < 1.29 is 24.2 Å². The second-order valence-corrected chi connectivity index (χ2v) is 7.58. The molecular formula is C25H27NO5. The van der Waals surface area contributed by atoms with Gasteiger partial charge in [0.25, 0.3) is 0 Å². The van der Waals surface area contributed by atoms with Crippen LogP contribution >= 0.6 is 0 Å². The van der Waals surface area contributed by atoms with E-state index in [1.165, 1.54) is 0 Å². The summed E-state index contributed by atoms with van der Waals surface area (Å²) in [6.07, 6.45) is 0.